The third-order valence-corrected chi connectivity index (χ3v) is 4.25. The highest BCUT2D eigenvalue weighted by atomic mass is 32.2. The number of thioether (sulfide) groups is 1. The Morgan fingerprint density at radius 1 is 1.47 bits per heavy atom. The largest absolute Gasteiger partial charge is 0.340 e. The summed E-state index contributed by atoms with van der Waals surface area (Å²) in [6.45, 7) is 6.44. The Bertz CT molecular complexity index is 438. The Labute approximate surface area is 106 Å². The van der Waals surface area contributed by atoms with Gasteiger partial charge >= 0.3 is 0 Å². The molecule has 0 amide bonds. The highest BCUT2D eigenvalue weighted by molar-refractivity contribution is 8.00. The van der Waals surface area contributed by atoms with E-state index < -0.39 is 0 Å². The molecule has 1 fully saturated rings. The molecule has 5 heteroatoms. The second-order valence-corrected chi connectivity index (χ2v) is 6.50. The number of hydrogen-bond acceptors (Lipinski definition) is 5. The number of rotatable bonds is 1. The van der Waals surface area contributed by atoms with E-state index in [-0.39, 0.29) is 0 Å². The zero-order valence-electron chi connectivity index (χ0n) is 10.2. The van der Waals surface area contributed by atoms with Crippen LogP contribution in [0, 0.1) is 11.3 Å². The number of anilines is 1. The number of nitriles is 1. The molecule has 4 nitrogen and oxygen atoms in total. The normalized spacial score (nSPS) is 19.5. The molecule has 2 rings (SSSR count). The van der Waals surface area contributed by atoms with E-state index in [0.717, 1.165) is 25.3 Å². The third kappa shape index (κ3) is 3.10. The number of hydrogen-bond donors (Lipinski definition) is 0. The van der Waals surface area contributed by atoms with Crippen molar-refractivity contribution in [2.45, 2.75) is 25.0 Å². The summed E-state index contributed by atoms with van der Waals surface area (Å²) in [4.78, 5) is 10.7. The maximum atomic E-state index is 8.84. The molecule has 1 aliphatic rings. The monoisotopic (exact) mass is 248 g/mol. The van der Waals surface area contributed by atoms with Crippen LogP contribution in [-0.4, -0.2) is 33.6 Å². The maximum absolute atomic E-state index is 8.84. The van der Waals surface area contributed by atoms with E-state index in [1.165, 1.54) is 0 Å². The Balaban J connectivity index is 2.14. The lowest BCUT2D eigenvalue weighted by Crippen LogP contribution is -2.28. The highest BCUT2D eigenvalue weighted by Crippen LogP contribution is 2.31. The van der Waals surface area contributed by atoms with Gasteiger partial charge < -0.3 is 4.90 Å². The molecular weight excluding hydrogens is 232 g/mol. The van der Waals surface area contributed by atoms with Gasteiger partial charge in [0.1, 0.15) is 11.8 Å². The summed E-state index contributed by atoms with van der Waals surface area (Å²) in [6, 6.07) is 3.69. The standard InChI is InChI=1S/C12H16N4S/c1-12(2)4-6-16(7-8-17-12)11-14-5-3-10(9-13)15-11/h3,5H,4,6-8H2,1-2H3. The zero-order chi connectivity index (χ0) is 12.3. The van der Waals surface area contributed by atoms with Crippen LogP contribution in [0.4, 0.5) is 5.95 Å². The van der Waals surface area contributed by atoms with Crippen LogP contribution in [0.3, 0.4) is 0 Å². The van der Waals surface area contributed by atoms with Gasteiger partial charge in [-0.1, -0.05) is 13.8 Å². The topological polar surface area (TPSA) is 52.8 Å². The van der Waals surface area contributed by atoms with Crippen LogP contribution in [0.1, 0.15) is 26.0 Å². The first-order valence-electron chi connectivity index (χ1n) is 5.73. The van der Waals surface area contributed by atoms with E-state index in [1.54, 1.807) is 12.3 Å². The number of nitrogens with zero attached hydrogens (tertiary/aromatic N) is 4. The second kappa shape index (κ2) is 4.92. The molecule has 0 bridgehead atoms. The van der Waals surface area contributed by atoms with Crippen LogP contribution in [0.15, 0.2) is 12.3 Å². The molecule has 17 heavy (non-hydrogen) atoms. The van der Waals surface area contributed by atoms with Crippen LogP contribution in [-0.2, 0) is 0 Å². The van der Waals surface area contributed by atoms with Crippen LogP contribution in [0.25, 0.3) is 0 Å². The molecule has 0 radical (unpaired) electrons. The van der Waals surface area contributed by atoms with E-state index in [0.29, 0.717) is 16.4 Å². The molecule has 1 saturated heterocycles. The van der Waals surface area contributed by atoms with Crippen LogP contribution < -0.4 is 4.90 Å². The van der Waals surface area contributed by atoms with Gasteiger partial charge in [0.15, 0.2) is 0 Å². The van der Waals surface area contributed by atoms with Crippen LogP contribution in [0.5, 0.6) is 0 Å². The molecule has 0 saturated carbocycles. The molecule has 1 aromatic rings. The average molecular weight is 248 g/mol. The molecule has 0 atom stereocenters. The molecule has 2 heterocycles. The highest BCUT2D eigenvalue weighted by Gasteiger charge is 2.24. The summed E-state index contributed by atoms with van der Waals surface area (Å²) >= 11 is 1.99. The molecule has 90 valence electrons. The lowest BCUT2D eigenvalue weighted by Gasteiger charge is -2.22. The molecule has 1 aliphatic heterocycles. The fourth-order valence-electron chi connectivity index (χ4n) is 1.78. The van der Waals surface area contributed by atoms with Crippen molar-refractivity contribution in [2.75, 3.05) is 23.7 Å². The van der Waals surface area contributed by atoms with Crippen molar-refractivity contribution in [1.29, 1.82) is 5.26 Å². The van der Waals surface area contributed by atoms with Crippen LogP contribution in [0.2, 0.25) is 0 Å². The van der Waals surface area contributed by atoms with Crippen molar-refractivity contribution in [1.82, 2.24) is 9.97 Å². The Morgan fingerprint density at radius 3 is 3.06 bits per heavy atom. The predicted molar refractivity (Wildman–Crippen MR) is 70.1 cm³/mol. The van der Waals surface area contributed by atoms with Crippen molar-refractivity contribution >= 4 is 17.7 Å². The van der Waals surface area contributed by atoms with Gasteiger partial charge in [-0.05, 0) is 12.5 Å². The van der Waals surface area contributed by atoms with Gasteiger partial charge in [-0.15, -0.1) is 0 Å². The van der Waals surface area contributed by atoms with Gasteiger partial charge in [-0.3, -0.25) is 0 Å². The third-order valence-electron chi connectivity index (χ3n) is 2.88. The summed E-state index contributed by atoms with van der Waals surface area (Å²) in [7, 11) is 0. The smallest absolute Gasteiger partial charge is 0.226 e. The van der Waals surface area contributed by atoms with E-state index >= 15 is 0 Å². The van der Waals surface area contributed by atoms with Crippen molar-refractivity contribution < 1.29 is 0 Å². The molecule has 0 spiro atoms. The van der Waals surface area contributed by atoms with Crippen molar-refractivity contribution in [3.63, 3.8) is 0 Å². The van der Waals surface area contributed by atoms with Gasteiger partial charge in [0.05, 0.1) is 0 Å². The second-order valence-electron chi connectivity index (χ2n) is 4.70. The van der Waals surface area contributed by atoms with Crippen molar-refractivity contribution in [2.24, 2.45) is 0 Å². The molecule has 0 aromatic carbocycles. The summed E-state index contributed by atoms with van der Waals surface area (Å²) < 4.78 is 0.321. The summed E-state index contributed by atoms with van der Waals surface area (Å²) in [5, 5.41) is 8.84. The van der Waals surface area contributed by atoms with Gasteiger partial charge in [-0.2, -0.15) is 17.0 Å². The zero-order valence-corrected chi connectivity index (χ0v) is 11.0. The van der Waals surface area contributed by atoms with Crippen molar-refractivity contribution in [3.8, 4) is 6.07 Å². The molecular formula is C12H16N4S. The van der Waals surface area contributed by atoms with Gasteiger partial charge in [0.25, 0.3) is 0 Å². The lowest BCUT2D eigenvalue weighted by atomic mass is 10.1. The first kappa shape index (κ1) is 12.2. The van der Waals surface area contributed by atoms with Gasteiger partial charge in [-0.25, -0.2) is 9.97 Å². The molecule has 1 aromatic heterocycles. The maximum Gasteiger partial charge on any atom is 0.226 e. The lowest BCUT2D eigenvalue weighted by molar-refractivity contribution is 0.631. The van der Waals surface area contributed by atoms with E-state index in [9.17, 15) is 0 Å². The van der Waals surface area contributed by atoms with Gasteiger partial charge in [0.2, 0.25) is 5.95 Å². The van der Waals surface area contributed by atoms with Gasteiger partial charge in [0, 0.05) is 29.8 Å². The van der Waals surface area contributed by atoms with E-state index in [2.05, 4.69) is 34.8 Å². The Hall–Kier alpha value is -1.28. The first-order valence-corrected chi connectivity index (χ1v) is 6.71. The van der Waals surface area contributed by atoms with Crippen LogP contribution >= 0.6 is 11.8 Å². The first-order chi connectivity index (χ1) is 8.11. The quantitative estimate of drug-likeness (QED) is 0.761. The summed E-state index contributed by atoms with van der Waals surface area (Å²) in [5.41, 5.74) is 0.436. The molecule has 0 N–H and O–H groups in total. The minimum absolute atomic E-state index is 0.321. The van der Waals surface area contributed by atoms with E-state index in [1.807, 2.05) is 11.8 Å². The average Bonchev–Trinajstić information content (AvgIpc) is 2.50. The minimum Gasteiger partial charge on any atom is -0.340 e. The Kier molecular flexibility index (Phi) is 3.53. The Morgan fingerprint density at radius 2 is 2.29 bits per heavy atom. The van der Waals surface area contributed by atoms with Crippen molar-refractivity contribution in [3.05, 3.63) is 18.0 Å². The fourth-order valence-corrected chi connectivity index (χ4v) is 2.88. The summed E-state index contributed by atoms with van der Waals surface area (Å²) in [6.07, 6.45) is 2.77. The predicted octanol–water partition coefficient (Wildman–Crippen LogP) is 2.07. The fraction of sp³-hybridized carbons (Fsp3) is 0.583. The minimum atomic E-state index is 0.321. The van der Waals surface area contributed by atoms with E-state index in [4.69, 9.17) is 5.26 Å². The number of aromatic nitrogens is 2. The molecule has 0 aliphatic carbocycles. The SMILES string of the molecule is CC1(C)CCN(c2nccc(C#N)n2)CCS1. The summed E-state index contributed by atoms with van der Waals surface area (Å²) in [5.74, 6) is 1.76. The molecule has 0 unspecified atom stereocenters.